The molecule has 0 amide bonds. The third-order valence-corrected chi connectivity index (χ3v) is 13.4. The van der Waals surface area contributed by atoms with Crippen LogP contribution in [0.3, 0.4) is 0 Å². The van der Waals surface area contributed by atoms with E-state index in [0.29, 0.717) is 17.5 Å². The molecule has 0 saturated carbocycles. The van der Waals surface area contributed by atoms with E-state index in [-0.39, 0.29) is 0 Å². The van der Waals surface area contributed by atoms with Gasteiger partial charge in [0.2, 0.25) is 0 Å². The van der Waals surface area contributed by atoms with E-state index in [1.807, 2.05) is 72.0 Å². The largest absolute Gasteiger partial charge is 0.455 e. The molecule has 8 aromatic carbocycles. The summed E-state index contributed by atoms with van der Waals surface area (Å²) in [6.45, 7) is 0. The summed E-state index contributed by atoms with van der Waals surface area (Å²) >= 11 is 3.64. The van der Waals surface area contributed by atoms with Crippen molar-refractivity contribution in [2.75, 3.05) is 0 Å². The number of aromatic nitrogens is 3. The van der Waals surface area contributed by atoms with Crippen molar-refractivity contribution in [3.8, 4) is 56.4 Å². The van der Waals surface area contributed by atoms with Crippen LogP contribution in [0.4, 0.5) is 0 Å². The summed E-state index contributed by atoms with van der Waals surface area (Å²) in [6, 6.07) is 61.9. The lowest BCUT2D eigenvalue weighted by molar-refractivity contribution is 0.670. The molecule has 0 atom stereocenters. The number of furan rings is 1. The fraction of sp³-hybridized carbons (Fsp3) is 0. The topological polar surface area (TPSA) is 51.8 Å². The number of rotatable bonds is 5. The normalized spacial score (nSPS) is 11.9. The number of hydrogen-bond acceptors (Lipinski definition) is 6. The van der Waals surface area contributed by atoms with E-state index in [1.54, 1.807) is 11.3 Å². The Bertz CT molecular complexity index is 3470. The van der Waals surface area contributed by atoms with Gasteiger partial charge in [-0.05, 0) is 47.5 Å². The van der Waals surface area contributed by atoms with Gasteiger partial charge in [-0.25, -0.2) is 15.0 Å². The second-order valence-electron chi connectivity index (χ2n) is 14.3. The van der Waals surface area contributed by atoms with Crippen molar-refractivity contribution in [1.82, 2.24) is 15.0 Å². The van der Waals surface area contributed by atoms with Gasteiger partial charge in [0.25, 0.3) is 0 Å². The summed E-state index contributed by atoms with van der Waals surface area (Å²) in [7, 11) is 0. The third-order valence-electron chi connectivity index (χ3n) is 11.0. The number of benzene rings is 8. The van der Waals surface area contributed by atoms with Crippen LogP contribution in [-0.4, -0.2) is 15.0 Å². The van der Waals surface area contributed by atoms with Gasteiger partial charge in [-0.3, -0.25) is 0 Å². The van der Waals surface area contributed by atoms with Gasteiger partial charge in [0.1, 0.15) is 11.2 Å². The summed E-state index contributed by atoms with van der Waals surface area (Å²) in [4.78, 5) is 15.1. The summed E-state index contributed by atoms with van der Waals surface area (Å²) < 4.78 is 11.8. The van der Waals surface area contributed by atoms with Crippen molar-refractivity contribution in [2.24, 2.45) is 0 Å². The molecule has 4 heterocycles. The fourth-order valence-corrected chi connectivity index (χ4v) is 10.7. The van der Waals surface area contributed by atoms with Crippen LogP contribution in [0, 0.1) is 0 Å². The van der Waals surface area contributed by atoms with E-state index in [2.05, 4.69) is 115 Å². The molecule has 12 aromatic rings. The van der Waals surface area contributed by atoms with Gasteiger partial charge < -0.3 is 4.42 Å². The number of hydrogen-bond donors (Lipinski definition) is 0. The molecule has 0 radical (unpaired) electrons. The highest BCUT2D eigenvalue weighted by Gasteiger charge is 2.21. The minimum Gasteiger partial charge on any atom is -0.455 e. The van der Waals surface area contributed by atoms with Crippen molar-refractivity contribution < 1.29 is 4.42 Å². The summed E-state index contributed by atoms with van der Waals surface area (Å²) in [5, 5.41) is 7.22. The van der Waals surface area contributed by atoms with Gasteiger partial charge in [-0.15, -0.1) is 22.7 Å². The summed E-state index contributed by atoms with van der Waals surface area (Å²) in [6.07, 6.45) is 0. The van der Waals surface area contributed by atoms with Crippen LogP contribution in [0.15, 0.2) is 180 Å². The zero-order valence-corrected chi connectivity index (χ0v) is 31.9. The van der Waals surface area contributed by atoms with Crippen LogP contribution >= 0.6 is 22.7 Å². The van der Waals surface area contributed by atoms with E-state index < -0.39 is 0 Å². The Kier molecular flexibility index (Phi) is 7.24. The summed E-state index contributed by atoms with van der Waals surface area (Å²) in [5.41, 5.74) is 9.29. The highest BCUT2D eigenvalue weighted by atomic mass is 32.1. The zero-order valence-electron chi connectivity index (χ0n) is 30.3. The molecule has 0 aliphatic rings. The van der Waals surface area contributed by atoms with Gasteiger partial charge in [-0.1, -0.05) is 140 Å². The fourth-order valence-electron chi connectivity index (χ4n) is 8.31. The molecule has 6 heteroatoms. The summed E-state index contributed by atoms with van der Waals surface area (Å²) in [5.74, 6) is 1.97. The van der Waals surface area contributed by atoms with Crippen LogP contribution in [-0.2, 0) is 0 Å². The smallest absolute Gasteiger partial charge is 0.165 e. The van der Waals surface area contributed by atoms with E-state index in [9.17, 15) is 0 Å². The monoisotopic (exact) mass is 763 g/mol. The average molecular weight is 764 g/mol. The van der Waals surface area contributed by atoms with Crippen molar-refractivity contribution in [2.45, 2.75) is 0 Å². The van der Waals surface area contributed by atoms with Crippen LogP contribution in [0.1, 0.15) is 0 Å². The van der Waals surface area contributed by atoms with Crippen LogP contribution in [0.25, 0.3) is 119 Å². The molecular formula is C51H29N3OS2. The molecule has 57 heavy (non-hydrogen) atoms. The predicted molar refractivity (Wildman–Crippen MR) is 240 cm³/mol. The lowest BCUT2D eigenvalue weighted by atomic mass is 9.93. The van der Waals surface area contributed by atoms with E-state index >= 15 is 0 Å². The third kappa shape index (κ3) is 5.15. The molecule has 0 unspecified atom stereocenters. The molecular weight excluding hydrogens is 735 g/mol. The van der Waals surface area contributed by atoms with Crippen molar-refractivity contribution >= 4 is 85.0 Å². The van der Waals surface area contributed by atoms with Gasteiger partial charge >= 0.3 is 0 Å². The molecule has 0 aliphatic carbocycles. The average Bonchev–Trinajstić information content (AvgIpc) is 3.98. The standard InChI is InChI=1S/C51H29N3OS2/c1-3-13-30(14-4-1)49-52-50(31-15-5-2-6-16-31)54-51(53-49)40-22-12-21-38-41-29-32(25-28-44(41)57-48(38)40)33-26-27-35(45-39-18-7-9-23-42(39)55-46(33)45)37-20-11-19-36-34-17-8-10-24-43(34)56-47(36)37/h1-29H. The molecule has 0 fully saturated rings. The maximum absolute atomic E-state index is 6.81. The molecule has 266 valence electrons. The van der Waals surface area contributed by atoms with Gasteiger partial charge in [0.05, 0.1) is 0 Å². The number of fused-ring (bicyclic) bond motifs is 9. The molecule has 0 spiro atoms. The first kappa shape index (κ1) is 32.3. The highest BCUT2D eigenvalue weighted by Crippen LogP contribution is 2.47. The molecule has 0 bridgehead atoms. The highest BCUT2D eigenvalue weighted by molar-refractivity contribution is 7.26. The number of nitrogens with zero attached hydrogens (tertiary/aromatic N) is 3. The van der Waals surface area contributed by atoms with Crippen LogP contribution in [0.5, 0.6) is 0 Å². The number of para-hydroxylation sites is 1. The molecule has 12 rings (SSSR count). The Morgan fingerprint density at radius 1 is 0.351 bits per heavy atom. The zero-order chi connectivity index (χ0) is 37.5. The Morgan fingerprint density at radius 3 is 1.67 bits per heavy atom. The second-order valence-corrected chi connectivity index (χ2v) is 16.4. The molecule has 0 saturated heterocycles. The van der Waals surface area contributed by atoms with Crippen molar-refractivity contribution in [3.63, 3.8) is 0 Å². The van der Waals surface area contributed by atoms with E-state index in [0.717, 1.165) is 54.5 Å². The lowest BCUT2D eigenvalue weighted by Crippen LogP contribution is -2.00. The van der Waals surface area contributed by atoms with Gasteiger partial charge in [-0.2, -0.15) is 0 Å². The Labute approximate surface area is 335 Å². The van der Waals surface area contributed by atoms with Gasteiger partial charge in [0, 0.05) is 78.9 Å². The minimum absolute atomic E-state index is 0.654. The molecule has 4 nitrogen and oxygen atoms in total. The molecule has 0 N–H and O–H groups in total. The first-order valence-electron chi connectivity index (χ1n) is 18.9. The van der Waals surface area contributed by atoms with Gasteiger partial charge in [0.15, 0.2) is 17.5 Å². The SMILES string of the molecule is c1ccc(-c2nc(-c3ccccc3)nc(-c3cccc4c3sc3ccc(-c5ccc(-c6cccc7c6sc6ccccc67)c6c5oc5ccccc56)cc34)n2)cc1. The molecule has 0 aliphatic heterocycles. The first-order valence-corrected chi connectivity index (χ1v) is 20.6. The molecule has 4 aromatic heterocycles. The quantitative estimate of drug-likeness (QED) is 0.175. The predicted octanol–water partition coefficient (Wildman–Crippen LogP) is 14.8. The maximum atomic E-state index is 6.81. The van der Waals surface area contributed by atoms with Crippen LogP contribution < -0.4 is 0 Å². The minimum atomic E-state index is 0.654. The van der Waals surface area contributed by atoms with Crippen LogP contribution in [0.2, 0.25) is 0 Å². The first-order chi connectivity index (χ1) is 28.2. The van der Waals surface area contributed by atoms with Crippen molar-refractivity contribution in [1.29, 1.82) is 0 Å². The second kappa shape index (κ2) is 12.8. The van der Waals surface area contributed by atoms with E-state index in [1.165, 1.54) is 46.8 Å². The Balaban J connectivity index is 1.04. The Morgan fingerprint density at radius 2 is 0.912 bits per heavy atom. The maximum Gasteiger partial charge on any atom is 0.165 e. The lowest BCUT2D eigenvalue weighted by Gasteiger charge is -2.10. The Hall–Kier alpha value is -6.99. The van der Waals surface area contributed by atoms with E-state index in [4.69, 9.17) is 19.4 Å². The number of thiophene rings is 2. The van der Waals surface area contributed by atoms with Crippen molar-refractivity contribution in [3.05, 3.63) is 176 Å².